The van der Waals surface area contributed by atoms with Crippen LogP contribution in [-0.2, 0) is 4.74 Å². The van der Waals surface area contributed by atoms with Gasteiger partial charge in [-0.25, -0.2) is 4.39 Å². The van der Waals surface area contributed by atoms with Crippen LogP contribution in [0.15, 0.2) is 24.3 Å². The molecule has 0 bridgehead atoms. The van der Waals surface area contributed by atoms with Gasteiger partial charge in [-0.1, -0.05) is 32.9 Å². The fourth-order valence-corrected chi connectivity index (χ4v) is 1.93. The first kappa shape index (κ1) is 14.1. The summed E-state index contributed by atoms with van der Waals surface area (Å²) in [7, 11) is 0. The summed E-state index contributed by atoms with van der Waals surface area (Å²) in [4.78, 5) is 0. The van der Waals surface area contributed by atoms with Crippen molar-refractivity contribution < 1.29 is 9.13 Å². The molecule has 0 aromatic heterocycles. The summed E-state index contributed by atoms with van der Waals surface area (Å²) < 4.78 is 18.6. The third kappa shape index (κ3) is 3.79. The molecule has 0 aliphatic carbocycles. The van der Waals surface area contributed by atoms with E-state index in [4.69, 9.17) is 10.5 Å². The molecule has 2 unspecified atom stereocenters. The zero-order valence-corrected chi connectivity index (χ0v) is 11.0. The van der Waals surface area contributed by atoms with E-state index in [1.807, 2.05) is 6.92 Å². The molecule has 3 heteroatoms. The molecule has 0 aliphatic heterocycles. The van der Waals surface area contributed by atoms with E-state index in [0.717, 1.165) is 5.56 Å². The molecule has 0 saturated heterocycles. The minimum atomic E-state index is -0.246. The van der Waals surface area contributed by atoms with Gasteiger partial charge in [-0.2, -0.15) is 0 Å². The van der Waals surface area contributed by atoms with E-state index >= 15 is 0 Å². The molecule has 17 heavy (non-hydrogen) atoms. The highest BCUT2D eigenvalue weighted by Crippen LogP contribution is 2.31. The minimum absolute atomic E-state index is 0.0518. The van der Waals surface area contributed by atoms with Gasteiger partial charge in [0.1, 0.15) is 5.82 Å². The van der Waals surface area contributed by atoms with Crippen molar-refractivity contribution in [2.75, 3.05) is 6.61 Å². The van der Waals surface area contributed by atoms with E-state index in [1.165, 1.54) is 12.1 Å². The van der Waals surface area contributed by atoms with Crippen LogP contribution in [0.1, 0.15) is 39.3 Å². The number of ether oxygens (including phenoxy) is 1. The molecule has 0 heterocycles. The third-order valence-electron chi connectivity index (χ3n) is 2.78. The number of benzene rings is 1. The highest BCUT2D eigenvalue weighted by Gasteiger charge is 2.31. The van der Waals surface area contributed by atoms with Crippen LogP contribution < -0.4 is 5.73 Å². The fourth-order valence-electron chi connectivity index (χ4n) is 1.93. The molecule has 1 aromatic carbocycles. The van der Waals surface area contributed by atoms with Gasteiger partial charge in [-0.3, -0.25) is 0 Å². The zero-order chi connectivity index (χ0) is 13.1. The fraction of sp³-hybridized carbons (Fsp3) is 0.571. The molecule has 96 valence electrons. The summed E-state index contributed by atoms with van der Waals surface area (Å²) in [6.07, 6.45) is -0.0852. The Morgan fingerprint density at radius 1 is 1.24 bits per heavy atom. The molecule has 2 nitrogen and oxygen atoms in total. The molecule has 1 rings (SSSR count). The van der Waals surface area contributed by atoms with Crippen LogP contribution in [0.3, 0.4) is 0 Å². The number of hydrogen-bond donors (Lipinski definition) is 1. The first-order chi connectivity index (χ1) is 7.86. The van der Waals surface area contributed by atoms with Crippen molar-refractivity contribution in [2.24, 2.45) is 11.1 Å². The van der Waals surface area contributed by atoms with E-state index in [1.54, 1.807) is 12.1 Å². The summed E-state index contributed by atoms with van der Waals surface area (Å²) in [5, 5.41) is 0. The molecule has 0 spiro atoms. The Balaban J connectivity index is 2.91. The van der Waals surface area contributed by atoms with Crippen molar-refractivity contribution in [1.82, 2.24) is 0 Å². The molecular weight excluding hydrogens is 217 g/mol. The normalized spacial score (nSPS) is 15.6. The van der Waals surface area contributed by atoms with Gasteiger partial charge in [0.15, 0.2) is 0 Å². The standard InChI is InChI=1S/C14H22FNO/c1-5-17-13(14(2,3)4)12(16)10-6-8-11(15)9-7-10/h6-9,12-13H,5,16H2,1-4H3. The smallest absolute Gasteiger partial charge is 0.123 e. The topological polar surface area (TPSA) is 35.2 Å². The molecule has 1 aromatic rings. The Morgan fingerprint density at radius 3 is 2.18 bits per heavy atom. The van der Waals surface area contributed by atoms with Crippen molar-refractivity contribution in [3.63, 3.8) is 0 Å². The number of halogens is 1. The second-order valence-corrected chi connectivity index (χ2v) is 5.32. The van der Waals surface area contributed by atoms with E-state index in [-0.39, 0.29) is 23.4 Å². The van der Waals surface area contributed by atoms with Gasteiger partial charge in [0.25, 0.3) is 0 Å². The zero-order valence-electron chi connectivity index (χ0n) is 11.0. The van der Waals surface area contributed by atoms with Gasteiger partial charge in [0.2, 0.25) is 0 Å². The van der Waals surface area contributed by atoms with Gasteiger partial charge in [0.05, 0.1) is 12.1 Å². The average Bonchev–Trinajstić information content (AvgIpc) is 2.24. The van der Waals surface area contributed by atoms with E-state index < -0.39 is 0 Å². The van der Waals surface area contributed by atoms with Crippen LogP contribution >= 0.6 is 0 Å². The molecule has 0 radical (unpaired) electrons. The lowest BCUT2D eigenvalue weighted by Crippen LogP contribution is -2.39. The first-order valence-electron chi connectivity index (χ1n) is 5.99. The van der Waals surface area contributed by atoms with Crippen molar-refractivity contribution in [1.29, 1.82) is 0 Å². The van der Waals surface area contributed by atoms with Gasteiger partial charge in [-0.15, -0.1) is 0 Å². The third-order valence-corrected chi connectivity index (χ3v) is 2.78. The number of nitrogens with two attached hydrogens (primary N) is 1. The largest absolute Gasteiger partial charge is 0.376 e. The maximum Gasteiger partial charge on any atom is 0.123 e. The second-order valence-electron chi connectivity index (χ2n) is 5.32. The second kappa shape index (κ2) is 5.61. The van der Waals surface area contributed by atoms with E-state index in [2.05, 4.69) is 20.8 Å². The first-order valence-corrected chi connectivity index (χ1v) is 5.99. The Labute approximate surface area is 103 Å². The van der Waals surface area contributed by atoms with Gasteiger partial charge in [0, 0.05) is 6.61 Å². The maximum atomic E-state index is 12.9. The quantitative estimate of drug-likeness (QED) is 0.875. The van der Waals surface area contributed by atoms with Crippen molar-refractivity contribution >= 4 is 0 Å². The van der Waals surface area contributed by atoms with E-state index in [0.29, 0.717) is 6.61 Å². The maximum absolute atomic E-state index is 12.9. The predicted molar refractivity (Wildman–Crippen MR) is 68.2 cm³/mol. The highest BCUT2D eigenvalue weighted by atomic mass is 19.1. The van der Waals surface area contributed by atoms with E-state index in [9.17, 15) is 4.39 Å². The minimum Gasteiger partial charge on any atom is -0.376 e. The lowest BCUT2D eigenvalue weighted by molar-refractivity contribution is -0.0283. The van der Waals surface area contributed by atoms with Crippen molar-refractivity contribution in [3.8, 4) is 0 Å². The van der Waals surface area contributed by atoms with Crippen molar-refractivity contribution in [3.05, 3.63) is 35.6 Å². The lowest BCUT2D eigenvalue weighted by atomic mass is 9.82. The number of rotatable bonds is 4. The predicted octanol–water partition coefficient (Wildman–Crippen LogP) is 3.28. The summed E-state index contributed by atoms with van der Waals surface area (Å²) in [6.45, 7) is 8.86. The number of hydrogen-bond acceptors (Lipinski definition) is 2. The molecule has 0 fully saturated rings. The highest BCUT2D eigenvalue weighted by molar-refractivity contribution is 5.21. The molecule has 2 N–H and O–H groups in total. The Morgan fingerprint density at radius 2 is 1.76 bits per heavy atom. The van der Waals surface area contributed by atoms with Gasteiger partial charge >= 0.3 is 0 Å². The Kier molecular flexibility index (Phi) is 4.66. The van der Waals surface area contributed by atoms with Crippen LogP contribution in [0.25, 0.3) is 0 Å². The summed E-state index contributed by atoms with van der Waals surface area (Å²) >= 11 is 0. The van der Waals surface area contributed by atoms with Crippen LogP contribution in [0.2, 0.25) is 0 Å². The van der Waals surface area contributed by atoms with Crippen LogP contribution in [0, 0.1) is 11.2 Å². The monoisotopic (exact) mass is 239 g/mol. The van der Waals surface area contributed by atoms with Crippen LogP contribution in [0.4, 0.5) is 4.39 Å². The Hall–Kier alpha value is -0.930. The van der Waals surface area contributed by atoms with Crippen LogP contribution in [-0.4, -0.2) is 12.7 Å². The summed E-state index contributed by atoms with van der Waals surface area (Å²) in [5.74, 6) is -0.246. The molecule has 2 atom stereocenters. The molecule has 0 aliphatic rings. The lowest BCUT2D eigenvalue weighted by Gasteiger charge is -2.35. The van der Waals surface area contributed by atoms with Crippen molar-refractivity contribution in [2.45, 2.75) is 39.8 Å². The average molecular weight is 239 g/mol. The Bertz CT molecular complexity index is 342. The summed E-state index contributed by atoms with van der Waals surface area (Å²) in [6, 6.07) is 6.06. The van der Waals surface area contributed by atoms with Gasteiger partial charge < -0.3 is 10.5 Å². The SMILES string of the molecule is CCOC(C(N)c1ccc(F)cc1)C(C)(C)C. The molecular formula is C14H22FNO. The molecule has 0 amide bonds. The molecule has 0 saturated carbocycles. The summed E-state index contributed by atoms with van der Waals surface area (Å²) in [5.41, 5.74) is 7.06. The van der Waals surface area contributed by atoms with Crippen LogP contribution in [0.5, 0.6) is 0 Å². The van der Waals surface area contributed by atoms with Gasteiger partial charge in [-0.05, 0) is 30.0 Å².